The summed E-state index contributed by atoms with van der Waals surface area (Å²) >= 11 is 6.05. The fraction of sp³-hybridized carbons (Fsp3) is 0.400. The van der Waals surface area contributed by atoms with Crippen molar-refractivity contribution in [3.63, 3.8) is 0 Å². The number of methoxy groups -OCH3 is 1. The second kappa shape index (κ2) is 10.2. The Balaban J connectivity index is 1.39. The van der Waals surface area contributed by atoms with Gasteiger partial charge >= 0.3 is 5.97 Å². The van der Waals surface area contributed by atoms with Gasteiger partial charge in [0.25, 0.3) is 0 Å². The van der Waals surface area contributed by atoms with Crippen molar-refractivity contribution >= 4 is 40.2 Å². The van der Waals surface area contributed by atoms with E-state index in [0.717, 1.165) is 41.7 Å². The molecule has 2 N–H and O–H groups in total. The molecule has 1 aliphatic rings. The maximum atomic E-state index is 12.6. The summed E-state index contributed by atoms with van der Waals surface area (Å²) in [6.45, 7) is 0. The lowest BCUT2D eigenvalue weighted by Gasteiger charge is -2.25. The number of hydrogen-bond acceptors (Lipinski definition) is 4. The highest BCUT2D eigenvalue weighted by atomic mass is 35.5. The minimum Gasteiger partial charge on any atom is -0.469 e. The molecule has 1 amide bonds. The molecule has 32 heavy (non-hydrogen) atoms. The lowest BCUT2D eigenvalue weighted by Crippen LogP contribution is -2.26. The van der Waals surface area contributed by atoms with Gasteiger partial charge in [-0.3, -0.25) is 9.59 Å². The Hall–Kier alpha value is -2.86. The summed E-state index contributed by atoms with van der Waals surface area (Å²) in [5.41, 5.74) is 3.30. The van der Waals surface area contributed by atoms with Crippen LogP contribution in [0.3, 0.4) is 0 Å². The number of ether oxygens (including phenoxy) is 1. The SMILES string of the molecule is COC(=O)C(CC(=O)Nc1ccc(-c2nc3ccc(Cl)cc3[nH]2)cc1)CC1CCCCC1. The number of esters is 1. The van der Waals surface area contributed by atoms with Gasteiger partial charge in [-0.05, 0) is 54.8 Å². The minimum atomic E-state index is -0.398. The van der Waals surface area contributed by atoms with Crippen LogP contribution in [0.2, 0.25) is 5.02 Å². The number of hydrogen-bond donors (Lipinski definition) is 2. The molecule has 0 aliphatic heterocycles. The van der Waals surface area contributed by atoms with Crippen LogP contribution in [0.25, 0.3) is 22.4 Å². The van der Waals surface area contributed by atoms with Gasteiger partial charge in [-0.25, -0.2) is 4.98 Å². The Morgan fingerprint density at radius 3 is 2.62 bits per heavy atom. The monoisotopic (exact) mass is 453 g/mol. The Kier molecular flexibility index (Phi) is 7.10. The van der Waals surface area contributed by atoms with E-state index in [2.05, 4.69) is 15.3 Å². The molecule has 6 nitrogen and oxygen atoms in total. The van der Waals surface area contributed by atoms with E-state index in [1.807, 2.05) is 42.5 Å². The third-order valence-electron chi connectivity index (χ3n) is 6.19. The van der Waals surface area contributed by atoms with Crippen LogP contribution in [0.1, 0.15) is 44.9 Å². The number of aromatic nitrogens is 2. The standard InChI is InChI=1S/C25H28ClN3O3/c1-32-25(31)18(13-16-5-3-2-4-6-16)14-23(30)27-20-10-7-17(8-11-20)24-28-21-12-9-19(26)15-22(21)29-24/h7-12,15-16,18H,2-6,13-14H2,1H3,(H,27,30)(H,28,29). The molecular formula is C25H28ClN3O3. The number of fused-ring (bicyclic) bond motifs is 1. The van der Waals surface area contributed by atoms with Crippen molar-refractivity contribution in [3.8, 4) is 11.4 Å². The third kappa shape index (κ3) is 5.49. The molecule has 4 rings (SSSR count). The zero-order valence-electron chi connectivity index (χ0n) is 18.2. The van der Waals surface area contributed by atoms with E-state index in [-0.39, 0.29) is 18.3 Å². The number of aromatic amines is 1. The number of halogens is 1. The Bertz CT molecular complexity index is 1090. The van der Waals surface area contributed by atoms with Gasteiger partial charge in [0.15, 0.2) is 0 Å². The van der Waals surface area contributed by atoms with Crippen LogP contribution < -0.4 is 5.32 Å². The van der Waals surface area contributed by atoms with E-state index in [1.165, 1.54) is 26.4 Å². The van der Waals surface area contributed by atoms with Crippen LogP contribution in [0.5, 0.6) is 0 Å². The Morgan fingerprint density at radius 2 is 1.91 bits per heavy atom. The molecule has 0 spiro atoms. The lowest BCUT2D eigenvalue weighted by molar-refractivity contribution is -0.147. The maximum absolute atomic E-state index is 12.6. The first kappa shape index (κ1) is 22.3. The van der Waals surface area contributed by atoms with Crippen molar-refractivity contribution in [3.05, 3.63) is 47.5 Å². The van der Waals surface area contributed by atoms with Gasteiger partial charge in [0.05, 0.1) is 24.1 Å². The van der Waals surface area contributed by atoms with Crippen molar-refractivity contribution in [2.45, 2.75) is 44.9 Å². The van der Waals surface area contributed by atoms with Crippen LogP contribution in [0.4, 0.5) is 5.69 Å². The molecule has 1 fully saturated rings. The van der Waals surface area contributed by atoms with E-state index in [4.69, 9.17) is 16.3 Å². The molecule has 1 heterocycles. The van der Waals surface area contributed by atoms with Gasteiger partial charge in [0, 0.05) is 22.7 Å². The number of nitrogens with one attached hydrogen (secondary N) is 2. The first-order valence-electron chi connectivity index (χ1n) is 11.1. The largest absolute Gasteiger partial charge is 0.469 e. The number of carbonyl (C=O) groups excluding carboxylic acids is 2. The van der Waals surface area contributed by atoms with Crippen molar-refractivity contribution < 1.29 is 14.3 Å². The fourth-order valence-electron chi connectivity index (χ4n) is 4.52. The minimum absolute atomic E-state index is 0.134. The second-order valence-corrected chi connectivity index (χ2v) is 8.97. The number of imidazole rings is 1. The normalized spacial score (nSPS) is 15.4. The summed E-state index contributed by atoms with van der Waals surface area (Å²) in [6, 6.07) is 13.0. The molecule has 168 valence electrons. The van der Waals surface area contributed by atoms with Gasteiger partial charge in [-0.2, -0.15) is 0 Å². The van der Waals surface area contributed by atoms with Gasteiger partial charge < -0.3 is 15.0 Å². The van der Waals surface area contributed by atoms with Crippen molar-refractivity contribution in [2.75, 3.05) is 12.4 Å². The quantitative estimate of drug-likeness (QED) is 0.431. The maximum Gasteiger partial charge on any atom is 0.309 e. The molecule has 0 saturated heterocycles. The van der Waals surface area contributed by atoms with E-state index >= 15 is 0 Å². The molecular weight excluding hydrogens is 426 g/mol. The van der Waals surface area contributed by atoms with Crippen LogP contribution in [-0.4, -0.2) is 29.0 Å². The van der Waals surface area contributed by atoms with Crippen LogP contribution >= 0.6 is 11.6 Å². The van der Waals surface area contributed by atoms with E-state index < -0.39 is 5.92 Å². The molecule has 1 aliphatic carbocycles. The summed E-state index contributed by atoms with van der Waals surface area (Å²) in [7, 11) is 1.39. The molecule has 1 atom stereocenters. The molecule has 0 radical (unpaired) electrons. The van der Waals surface area contributed by atoms with Gasteiger partial charge in [0.1, 0.15) is 5.82 Å². The predicted molar refractivity (Wildman–Crippen MR) is 126 cm³/mol. The number of carbonyl (C=O) groups is 2. The molecule has 1 aromatic heterocycles. The Morgan fingerprint density at radius 1 is 1.16 bits per heavy atom. The number of rotatable bonds is 7. The Labute approximate surface area is 192 Å². The fourth-order valence-corrected chi connectivity index (χ4v) is 4.69. The third-order valence-corrected chi connectivity index (χ3v) is 6.43. The number of benzene rings is 2. The predicted octanol–water partition coefficient (Wildman–Crippen LogP) is 5.97. The van der Waals surface area contributed by atoms with Crippen molar-refractivity contribution in [1.82, 2.24) is 9.97 Å². The highest BCUT2D eigenvalue weighted by Crippen LogP contribution is 2.31. The summed E-state index contributed by atoms with van der Waals surface area (Å²) in [6.07, 6.45) is 6.78. The van der Waals surface area contributed by atoms with Gasteiger partial charge in [-0.15, -0.1) is 0 Å². The summed E-state index contributed by atoms with van der Waals surface area (Å²) in [5, 5.41) is 3.56. The number of H-pyrrole nitrogens is 1. The molecule has 1 unspecified atom stereocenters. The highest BCUT2D eigenvalue weighted by Gasteiger charge is 2.27. The smallest absolute Gasteiger partial charge is 0.309 e. The molecule has 3 aromatic rings. The molecule has 0 bridgehead atoms. The number of anilines is 1. The average molecular weight is 454 g/mol. The zero-order chi connectivity index (χ0) is 22.5. The molecule has 7 heteroatoms. The zero-order valence-corrected chi connectivity index (χ0v) is 19.0. The summed E-state index contributed by atoms with van der Waals surface area (Å²) in [5.74, 6) is 0.357. The van der Waals surface area contributed by atoms with Crippen molar-refractivity contribution in [2.24, 2.45) is 11.8 Å². The average Bonchev–Trinajstić information content (AvgIpc) is 3.22. The molecule has 1 saturated carbocycles. The van der Waals surface area contributed by atoms with Gasteiger partial charge in [-0.1, -0.05) is 43.7 Å². The van der Waals surface area contributed by atoms with E-state index in [1.54, 1.807) is 0 Å². The van der Waals surface area contributed by atoms with E-state index in [9.17, 15) is 9.59 Å². The van der Waals surface area contributed by atoms with Crippen molar-refractivity contribution in [1.29, 1.82) is 0 Å². The number of nitrogens with zero attached hydrogens (tertiary/aromatic N) is 1. The van der Waals surface area contributed by atoms with Crippen LogP contribution in [0.15, 0.2) is 42.5 Å². The van der Waals surface area contributed by atoms with Gasteiger partial charge in [0.2, 0.25) is 5.91 Å². The van der Waals surface area contributed by atoms with E-state index in [0.29, 0.717) is 16.6 Å². The highest BCUT2D eigenvalue weighted by molar-refractivity contribution is 6.31. The first-order chi connectivity index (χ1) is 15.5. The summed E-state index contributed by atoms with van der Waals surface area (Å²) in [4.78, 5) is 32.7. The molecule has 2 aromatic carbocycles. The van der Waals surface area contributed by atoms with Crippen LogP contribution in [0, 0.1) is 11.8 Å². The van der Waals surface area contributed by atoms with Crippen LogP contribution in [-0.2, 0) is 14.3 Å². The summed E-state index contributed by atoms with van der Waals surface area (Å²) < 4.78 is 4.96. The topological polar surface area (TPSA) is 84.1 Å². The first-order valence-corrected chi connectivity index (χ1v) is 11.5. The second-order valence-electron chi connectivity index (χ2n) is 8.54. The lowest BCUT2D eigenvalue weighted by atomic mass is 9.82. The number of amides is 1.